The molecule has 0 radical (unpaired) electrons. The van der Waals surface area contributed by atoms with E-state index in [2.05, 4.69) is 0 Å². The Morgan fingerprint density at radius 3 is 1.50 bits per heavy atom. The van der Waals surface area contributed by atoms with Gasteiger partial charge in [0.2, 0.25) is 0 Å². The van der Waals surface area contributed by atoms with Crippen LogP contribution in [0.5, 0.6) is 0 Å². The first-order chi connectivity index (χ1) is 1.73. The van der Waals surface area contributed by atoms with Gasteiger partial charge in [-0.15, -0.1) is 0 Å². The van der Waals surface area contributed by atoms with Crippen molar-refractivity contribution in [2.45, 2.75) is 0 Å². The fourth-order valence-corrected chi connectivity index (χ4v) is 0. The standard InChI is InChI=1S/Bi.HI.2O/h;1H;;/q+1;;;/p-1. The second-order valence-electron chi connectivity index (χ2n) is 0.213. The van der Waals surface area contributed by atoms with Crippen LogP contribution < -0.4 is 0 Å². The molecule has 0 rings (SSSR count). The van der Waals surface area contributed by atoms with Crippen molar-refractivity contribution in [3.8, 4) is 0 Å². The van der Waals surface area contributed by atoms with Crippen molar-refractivity contribution in [3.05, 3.63) is 0 Å². The Balaban J connectivity index is 3.51. The van der Waals surface area contributed by atoms with Gasteiger partial charge in [-0.1, -0.05) is 0 Å². The zero-order valence-corrected chi connectivity index (χ0v) is 7.28. The van der Waals surface area contributed by atoms with E-state index in [0.29, 0.717) is 0 Å². The zero-order chi connectivity index (χ0) is 3.58. The molecular weight excluding hydrogens is 368 g/mol. The van der Waals surface area contributed by atoms with Crippen LogP contribution in [0.25, 0.3) is 0 Å². The Morgan fingerprint density at radius 2 is 1.50 bits per heavy atom. The molecule has 0 atom stereocenters. The van der Waals surface area contributed by atoms with Gasteiger partial charge in [0, 0.05) is 0 Å². The van der Waals surface area contributed by atoms with Gasteiger partial charge in [-0.05, 0) is 0 Å². The van der Waals surface area contributed by atoms with Crippen LogP contribution in [0.1, 0.15) is 0 Å². The molecule has 0 aliphatic carbocycles. The van der Waals surface area contributed by atoms with E-state index in [1.807, 2.05) is 0 Å². The molecule has 4 heteroatoms. The normalized spacial score (nSPS) is 6.25. The summed E-state index contributed by atoms with van der Waals surface area (Å²) in [5.41, 5.74) is 0. The van der Waals surface area contributed by atoms with E-state index < -0.39 is 17.6 Å². The van der Waals surface area contributed by atoms with Crippen molar-refractivity contribution >= 4 is 35.6 Å². The van der Waals surface area contributed by atoms with E-state index in [1.165, 1.54) is 18.0 Å². The first kappa shape index (κ1) is 5.21. The van der Waals surface area contributed by atoms with E-state index in [-0.39, 0.29) is 0 Å². The van der Waals surface area contributed by atoms with Crippen LogP contribution in [0.4, 0.5) is 0 Å². The molecule has 0 aromatic heterocycles. The molecule has 0 aliphatic heterocycles. The Labute approximate surface area is 40.8 Å². The van der Waals surface area contributed by atoms with E-state index in [0.717, 1.165) is 0 Å². The molecule has 2 nitrogen and oxygen atoms in total. The summed E-state index contributed by atoms with van der Waals surface area (Å²) in [4.78, 5) is 0. The van der Waals surface area contributed by atoms with Crippen LogP contribution in [0, 0.1) is 0 Å². The Morgan fingerprint density at radius 1 is 1.50 bits per heavy atom. The van der Waals surface area contributed by atoms with Crippen LogP contribution >= 0.6 is 18.0 Å². The summed E-state index contributed by atoms with van der Waals surface area (Å²) in [7, 11) is 0. The third-order valence-electron chi connectivity index (χ3n) is 0. The van der Waals surface area contributed by atoms with E-state index in [9.17, 15) is 0 Å². The predicted molar refractivity (Wildman–Crippen MR) is 21.1 cm³/mol. The topological polar surface area (TPSA) is 34.1 Å². The molecule has 0 amide bonds. The predicted octanol–water partition coefficient (Wildman–Crippen LogP) is 0.267. The number of hydrogen-bond acceptors (Lipinski definition) is 2. The second kappa shape index (κ2) is 2.45. The van der Waals surface area contributed by atoms with Crippen molar-refractivity contribution in [2.75, 3.05) is 0 Å². The van der Waals surface area contributed by atoms with Gasteiger partial charge in [-0.3, -0.25) is 0 Å². The molecule has 4 heavy (non-hydrogen) atoms. The van der Waals surface area contributed by atoms with Crippen LogP contribution in [0.3, 0.4) is 0 Å². The summed E-state index contributed by atoms with van der Waals surface area (Å²) in [6, 6.07) is 0. The first-order valence-corrected chi connectivity index (χ1v) is 13.2. The number of hydrogen-bond donors (Lipinski definition) is 0. The first-order valence-electron chi connectivity index (χ1n) is 0.534. The van der Waals surface area contributed by atoms with Crippen molar-refractivity contribution in [2.24, 2.45) is 0 Å². The van der Waals surface area contributed by atoms with Gasteiger partial charge < -0.3 is 0 Å². The van der Waals surface area contributed by atoms with Crippen molar-refractivity contribution in [3.63, 3.8) is 0 Å². The van der Waals surface area contributed by atoms with Gasteiger partial charge in [0.25, 0.3) is 0 Å². The summed E-state index contributed by atoms with van der Waals surface area (Å²) in [6.45, 7) is 0. The van der Waals surface area contributed by atoms with Gasteiger partial charge in [-0.25, -0.2) is 0 Å². The van der Waals surface area contributed by atoms with E-state index in [1.54, 1.807) is 0 Å². The second-order valence-corrected chi connectivity index (χ2v) is 8.78. The van der Waals surface area contributed by atoms with Gasteiger partial charge >= 0.3 is 41.2 Å². The summed E-state index contributed by atoms with van der Waals surface area (Å²) in [6.07, 6.45) is 0. The number of halogens is 1. The monoisotopic (exact) mass is 368 g/mol. The molecule has 0 N–H and O–H groups in total. The molecule has 0 bridgehead atoms. The molecule has 0 aliphatic rings. The fraction of sp³-hybridized carbons (Fsp3) is 0. The summed E-state index contributed by atoms with van der Waals surface area (Å²) >= 11 is -1.69. The van der Waals surface area contributed by atoms with Crippen molar-refractivity contribution in [1.82, 2.24) is 0 Å². The minimum atomic E-state index is -3.12. The van der Waals surface area contributed by atoms with E-state index in [4.69, 9.17) is 5.63 Å². The summed E-state index contributed by atoms with van der Waals surface area (Å²) in [5.74, 6) is 0. The Bertz CT molecular complexity index is 54.4. The third kappa shape index (κ3) is 10.7. The molecule has 0 saturated carbocycles. The molecule has 0 unspecified atom stereocenters. The average molecular weight is 368 g/mol. The van der Waals surface area contributed by atoms with Gasteiger partial charge in [0.15, 0.2) is 0 Å². The Hall–Kier alpha value is 1.21. The quantitative estimate of drug-likeness (QED) is 0.455. The van der Waals surface area contributed by atoms with Gasteiger partial charge in [0.05, 0.1) is 0 Å². The SMILES string of the molecule is [O]=[Bi](=[O])[I]. The average Bonchev–Trinajstić information content (AvgIpc) is 0.811. The minimum absolute atomic E-state index is 1.44. The maximum absolute atomic E-state index is 9.16. The van der Waals surface area contributed by atoms with E-state index >= 15 is 0 Å². The molecule has 0 spiro atoms. The van der Waals surface area contributed by atoms with Crippen LogP contribution in [0.2, 0.25) is 0 Å². The third-order valence-corrected chi connectivity index (χ3v) is 0. The molecule has 0 aromatic carbocycles. The van der Waals surface area contributed by atoms with Crippen LogP contribution in [-0.2, 0) is 5.63 Å². The van der Waals surface area contributed by atoms with Crippen molar-refractivity contribution in [1.29, 1.82) is 0 Å². The van der Waals surface area contributed by atoms with Crippen LogP contribution in [0.15, 0.2) is 0 Å². The fourth-order valence-electron chi connectivity index (χ4n) is 0. The zero-order valence-electron chi connectivity index (χ0n) is 1.64. The Kier molecular flexibility index (Phi) is 3.19. The molecule has 0 aromatic rings. The molecule has 0 fully saturated rings. The number of rotatable bonds is 0. The maximum atomic E-state index is 9.16. The summed E-state index contributed by atoms with van der Waals surface area (Å²) in [5, 5.41) is 0. The molecule has 0 saturated heterocycles. The molecule has 24 valence electrons. The summed E-state index contributed by atoms with van der Waals surface area (Å²) < 4.78 is 18.3. The molecule has 0 heterocycles. The molecular formula is BiIO2. The van der Waals surface area contributed by atoms with Gasteiger partial charge in [-0.2, -0.15) is 0 Å². The van der Waals surface area contributed by atoms with Gasteiger partial charge in [0.1, 0.15) is 0 Å². The van der Waals surface area contributed by atoms with Crippen molar-refractivity contribution < 1.29 is 5.63 Å². The van der Waals surface area contributed by atoms with Crippen LogP contribution in [-0.4, -0.2) is 17.6 Å².